The van der Waals surface area contributed by atoms with E-state index in [2.05, 4.69) is 5.32 Å². The van der Waals surface area contributed by atoms with E-state index >= 15 is 0 Å². The van der Waals surface area contributed by atoms with Gasteiger partial charge in [-0.15, -0.1) is 23.2 Å². The second-order valence-corrected chi connectivity index (χ2v) is 11.1. The van der Waals surface area contributed by atoms with E-state index in [4.69, 9.17) is 23.2 Å². The summed E-state index contributed by atoms with van der Waals surface area (Å²) in [6.45, 7) is 5.36. The third-order valence-electron chi connectivity index (χ3n) is 8.12. The van der Waals surface area contributed by atoms with Crippen LogP contribution in [0.1, 0.15) is 40.3 Å². The van der Waals surface area contributed by atoms with Gasteiger partial charge in [-0.1, -0.05) is 66.7 Å². The molecule has 4 aliphatic rings. The van der Waals surface area contributed by atoms with Gasteiger partial charge in [0.25, 0.3) is 0 Å². The van der Waals surface area contributed by atoms with Gasteiger partial charge in [0, 0.05) is 5.69 Å². The van der Waals surface area contributed by atoms with Crippen molar-refractivity contribution in [3.05, 3.63) is 100 Å². The Morgan fingerprint density at radius 1 is 0.778 bits per heavy atom. The highest BCUT2D eigenvalue weighted by molar-refractivity contribution is 6.36. The first-order valence-corrected chi connectivity index (χ1v) is 12.7. The van der Waals surface area contributed by atoms with Gasteiger partial charge >= 0.3 is 0 Å². The number of rotatable bonds is 3. The molecule has 3 amide bonds. The summed E-state index contributed by atoms with van der Waals surface area (Å²) in [4.78, 5) is 39.9. The molecule has 182 valence electrons. The first-order valence-electron chi connectivity index (χ1n) is 11.9. The van der Waals surface area contributed by atoms with Crippen LogP contribution in [0.4, 0.5) is 5.69 Å². The van der Waals surface area contributed by atoms with Crippen LogP contribution in [0.25, 0.3) is 0 Å². The first-order chi connectivity index (χ1) is 17.1. The lowest BCUT2D eigenvalue weighted by molar-refractivity contribution is -0.146. The van der Waals surface area contributed by atoms with Crippen molar-refractivity contribution in [2.75, 3.05) is 5.32 Å². The quantitative estimate of drug-likeness (QED) is 0.381. The van der Waals surface area contributed by atoms with Crippen LogP contribution in [0.15, 0.2) is 66.7 Å². The Labute approximate surface area is 219 Å². The van der Waals surface area contributed by atoms with Crippen LogP contribution in [-0.2, 0) is 24.1 Å². The first kappa shape index (κ1) is 23.3. The highest BCUT2D eigenvalue weighted by atomic mass is 35.5. The molecular weight excluding hydrogens is 495 g/mol. The number of hydrogen-bond donors (Lipinski definition) is 1. The van der Waals surface area contributed by atoms with Gasteiger partial charge in [0.05, 0.1) is 11.8 Å². The molecule has 1 fully saturated rings. The molecule has 3 aliphatic carbocycles. The molecule has 3 aromatic rings. The number of halogens is 2. The van der Waals surface area contributed by atoms with Crippen molar-refractivity contribution in [3.63, 3.8) is 0 Å². The Balaban J connectivity index is 1.46. The lowest BCUT2D eigenvalue weighted by atomic mass is 9.54. The van der Waals surface area contributed by atoms with Gasteiger partial charge in [0.15, 0.2) is 0 Å². The average Bonchev–Trinajstić information content (AvgIpc) is 3.15. The summed E-state index contributed by atoms with van der Waals surface area (Å²) in [5, 5.41) is 2.92. The molecule has 7 rings (SSSR count). The molecule has 5 nitrogen and oxygen atoms in total. The maximum atomic E-state index is 14.0. The van der Waals surface area contributed by atoms with Gasteiger partial charge in [-0.2, -0.15) is 0 Å². The topological polar surface area (TPSA) is 66.5 Å². The normalized spacial score (nSPS) is 28.4. The van der Waals surface area contributed by atoms with Crippen LogP contribution >= 0.6 is 23.2 Å². The van der Waals surface area contributed by atoms with Gasteiger partial charge < -0.3 is 5.32 Å². The van der Waals surface area contributed by atoms with Crippen LogP contribution in [0.5, 0.6) is 0 Å². The fourth-order valence-electron chi connectivity index (χ4n) is 6.43. The van der Waals surface area contributed by atoms with Crippen molar-refractivity contribution >= 4 is 46.6 Å². The Bertz CT molecular complexity index is 1340. The van der Waals surface area contributed by atoms with Gasteiger partial charge in [-0.3, -0.25) is 19.3 Å². The number of carbonyl (C=O) groups is 3. The highest BCUT2D eigenvalue weighted by Gasteiger charge is 2.73. The van der Waals surface area contributed by atoms with Crippen molar-refractivity contribution in [2.45, 2.75) is 36.6 Å². The summed E-state index contributed by atoms with van der Waals surface area (Å²) in [5.41, 5.74) is 5.40. The smallest absolute Gasteiger partial charge is 0.247 e. The zero-order chi connectivity index (χ0) is 25.6. The fraction of sp³-hybridized carbons (Fsp3) is 0.276. The van der Waals surface area contributed by atoms with E-state index in [0.29, 0.717) is 5.69 Å². The molecule has 3 atom stereocenters. The Morgan fingerprint density at radius 2 is 1.17 bits per heavy atom. The molecule has 1 heterocycles. The fourth-order valence-corrected chi connectivity index (χ4v) is 7.52. The van der Waals surface area contributed by atoms with Crippen molar-refractivity contribution in [1.29, 1.82) is 0 Å². The molecule has 0 aromatic heterocycles. The Kier molecular flexibility index (Phi) is 4.96. The van der Waals surface area contributed by atoms with E-state index in [1.54, 1.807) is 6.92 Å². The molecule has 2 bridgehead atoms. The number of anilines is 1. The molecule has 0 spiro atoms. The van der Waals surface area contributed by atoms with Gasteiger partial charge in [0.1, 0.15) is 15.8 Å². The number of carbonyl (C=O) groups excluding carboxylic acids is 3. The lowest BCUT2D eigenvalue weighted by Gasteiger charge is -2.54. The number of imide groups is 1. The van der Waals surface area contributed by atoms with E-state index in [-0.39, 0.29) is 0 Å². The van der Waals surface area contributed by atoms with Crippen molar-refractivity contribution in [2.24, 2.45) is 11.8 Å². The molecule has 0 radical (unpaired) electrons. The zero-order valence-corrected chi connectivity index (χ0v) is 21.5. The minimum Gasteiger partial charge on any atom is -0.324 e. The number of nitrogens with one attached hydrogen (secondary N) is 1. The summed E-state index contributed by atoms with van der Waals surface area (Å²) in [6.07, 6.45) is 0. The Hall–Kier alpha value is -3.15. The third kappa shape index (κ3) is 2.70. The highest BCUT2D eigenvalue weighted by Crippen LogP contribution is 2.69. The molecular formula is C29H24Cl2N2O3. The van der Waals surface area contributed by atoms with Crippen LogP contribution in [-0.4, -0.2) is 28.7 Å². The number of alkyl halides is 2. The predicted molar refractivity (Wildman–Crippen MR) is 139 cm³/mol. The molecule has 1 saturated heterocycles. The third-order valence-corrected chi connectivity index (χ3v) is 9.40. The minimum absolute atomic E-state index is 0.442. The van der Waals surface area contributed by atoms with Crippen LogP contribution in [0.3, 0.4) is 0 Å². The number of nitrogens with zero attached hydrogens (tertiary/aromatic N) is 1. The van der Waals surface area contributed by atoms with E-state index in [9.17, 15) is 14.4 Å². The largest absolute Gasteiger partial charge is 0.324 e. The SMILES string of the molecule is Cc1cccc(C)c1NC(=O)[C@@H](C)N1C(=O)[C@@H]2[C@H](C1=O)C1(Cl)c3ccccc3C2(Cl)c2ccccc21. The van der Waals surface area contributed by atoms with E-state index in [0.717, 1.165) is 38.3 Å². The summed E-state index contributed by atoms with van der Waals surface area (Å²) in [6, 6.07) is 19.6. The number of hydrogen-bond acceptors (Lipinski definition) is 3. The van der Waals surface area contributed by atoms with E-state index in [1.165, 1.54) is 0 Å². The van der Waals surface area contributed by atoms with Gasteiger partial charge in [-0.05, 0) is 54.2 Å². The van der Waals surface area contributed by atoms with Crippen LogP contribution < -0.4 is 5.32 Å². The molecule has 0 saturated carbocycles. The molecule has 0 unspecified atom stereocenters. The standard InChI is InChI=1S/C29H24Cl2N2O3/c1-15-9-8-10-16(2)24(15)32-25(34)17(3)33-26(35)22-23(27(33)36)29(31)19-12-5-4-11-18(19)28(22,30)20-13-6-7-14-21(20)29/h4-14,17,22-23H,1-3H3,(H,32,34)/t17-,22-,23+,28?,29?/m1/s1. The monoisotopic (exact) mass is 518 g/mol. The molecule has 3 aromatic carbocycles. The lowest BCUT2D eigenvalue weighted by Crippen LogP contribution is -2.57. The van der Waals surface area contributed by atoms with Crippen molar-refractivity contribution in [3.8, 4) is 0 Å². The van der Waals surface area contributed by atoms with Crippen LogP contribution in [0.2, 0.25) is 0 Å². The average molecular weight is 519 g/mol. The van der Waals surface area contributed by atoms with Crippen LogP contribution in [0, 0.1) is 25.7 Å². The summed E-state index contributed by atoms with van der Waals surface area (Å²) < 4.78 is 0. The predicted octanol–water partition coefficient (Wildman–Crippen LogP) is 5.22. The Morgan fingerprint density at radius 3 is 1.56 bits per heavy atom. The van der Waals surface area contributed by atoms with E-state index < -0.39 is 45.3 Å². The second-order valence-electron chi connectivity index (χ2n) is 9.95. The number of para-hydroxylation sites is 1. The minimum atomic E-state index is -1.27. The van der Waals surface area contributed by atoms with Crippen molar-refractivity contribution in [1.82, 2.24) is 4.90 Å². The summed E-state index contributed by atoms with van der Waals surface area (Å²) >= 11 is 14.9. The number of amides is 3. The molecule has 36 heavy (non-hydrogen) atoms. The second kappa shape index (κ2) is 7.67. The number of likely N-dealkylation sites (tertiary alicyclic amines) is 1. The number of benzene rings is 3. The zero-order valence-electron chi connectivity index (χ0n) is 20.0. The molecule has 1 aliphatic heterocycles. The maximum absolute atomic E-state index is 14.0. The molecule has 1 N–H and O–H groups in total. The van der Waals surface area contributed by atoms with Gasteiger partial charge in [0.2, 0.25) is 17.7 Å². The summed E-state index contributed by atoms with van der Waals surface area (Å²) in [5.74, 6) is -3.24. The summed E-state index contributed by atoms with van der Waals surface area (Å²) in [7, 11) is 0. The van der Waals surface area contributed by atoms with Crippen molar-refractivity contribution < 1.29 is 14.4 Å². The van der Waals surface area contributed by atoms with E-state index in [1.807, 2.05) is 80.6 Å². The molecule has 7 heteroatoms. The number of aryl methyl sites for hydroxylation is 2. The van der Waals surface area contributed by atoms with Gasteiger partial charge in [-0.25, -0.2) is 0 Å². The maximum Gasteiger partial charge on any atom is 0.247 e.